The molecular formula is C10H16F3N3O3. The Hall–Kier alpha value is -1.51. The summed E-state index contributed by atoms with van der Waals surface area (Å²) >= 11 is 0. The van der Waals surface area contributed by atoms with Gasteiger partial charge in [0, 0.05) is 32.7 Å². The van der Waals surface area contributed by atoms with E-state index in [1.807, 2.05) is 0 Å². The number of alkyl halides is 3. The number of carboxylic acids is 1. The molecule has 110 valence electrons. The highest BCUT2D eigenvalue weighted by Crippen LogP contribution is 2.18. The van der Waals surface area contributed by atoms with Crippen LogP contribution in [-0.4, -0.2) is 72.4 Å². The lowest BCUT2D eigenvalue weighted by molar-refractivity contribution is -0.138. The van der Waals surface area contributed by atoms with E-state index in [1.54, 1.807) is 4.90 Å². The van der Waals surface area contributed by atoms with Gasteiger partial charge >= 0.3 is 18.2 Å². The van der Waals surface area contributed by atoms with Crippen molar-refractivity contribution in [2.24, 2.45) is 0 Å². The molecule has 0 saturated carbocycles. The molecule has 19 heavy (non-hydrogen) atoms. The zero-order valence-corrected chi connectivity index (χ0v) is 10.2. The molecule has 0 aromatic heterocycles. The molecule has 0 atom stereocenters. The van der Waals surface area contributed by atoms with E-state index in [-0.39, 0.29) is 6.54 Å². The van der Waals surface area contributed by atoms with Crippen molar-refractivity contribution >= 4 is 12.0 Å². The number of nitrogens with zero attached hydrogens (tertiary/aromatic N) is 2. The van der Waals surface area contributed by atoms with Crippen LogP contribution >= 0.6 is 0 Å². The molecular weight excluding hydrogens is 267 g/mol. The summed E-state index contributed by atoms with van der Waals surface area (Å²) in [4.78, 5) is 25.1. The minimum atomic E-state index is -4.28. The van der Waals surface area contributed by atoms with Crippen LogP contribution in [0, 0.1) is 0 Å². The summed E-state index contributed by atoms with van der Waals surface area (Å²) in [6, 6.07) is -0.542. The van der Waals surface area contributed by atoms with Crippen molar-refractivity contribution in [1.82, 2.24) is 15.1 Å². The van der Waals surface area contributed by atoms with Crippen molar-refractivity contribution in [3.63, 3.8) is 0 Å². The fraction of sp³-hybridized carbons (Fsp3) is 0.800. The molecule has 1 fully saturated rings. The molecule has 1 saturated heterocycles. The minimum absolute atomic E-state index is 0.0937. The van der Waals surface area contributed by atoms with Crippen LogP contribution in [0.3, 0.4) is 0 Å². The highest BCUT2D eigenvalue weighted by molar-refractivity contribution is 5.74. The van der Waals surface area contributed by atoms with Crippen molar-refractivity contribution in [3.05, 3.63) is 0 Å². The van der Waals surface area contributed by atoms with Gasteiger partial charge in [0.1, 0.15) is 0 Å². The summed E-state index contributed by atoms with van der Waals surface area (Å²) in [6.07, 6.45) is -5.34. The Bertz CT molecular complexity index is 328. The van der Waals surface area contributed by atoms with Crippen LogP contribution in [0.25, 0.3) is 0 Å². The van der Waals surface area contributed by atoms with E-state index in [0.29, 0.717) is 26.2 Å². The predicted molar refractivity (Wildman–Crippen MR) is 59.7 cm³/mol. The SMILES string of the molecule is O=C(O)CN1CCN(C(=O)NCCC(F)(F)F)CC1. The maximum Gasteiger partial charge on any atom is 0.390 e. The summed E-state index contributed by atoms with van der Waals surface area (Å²) in [7, 11) is 0. The molecule has 0 unspecified atom stereocenters. The Labute approximate surface area is 108 Å². The third-order valence-corrected chi connectivity index (χ3v) is 2.70. The molecule has 0 aromatic rings. The Balaban J connectivity index is 2.23. The van der Waals surface area contributed by atoms with Crippen LogP contribution in [0.1, 0.15) is 6.42 Å². The molecule has 1 heterocycles. The second-order valence-electron chi connectivity index (χ2n) is 4.25. The number of piperazine rings is 1. The van der Waals surface area contributed by atoms with Crippen LogP contribution in [-0.2, 0) is 4.79 Å². The van der Waals surface area contributed by atoms with E-state index >= 15 is 0 Å². The molecule has 9 heteroatoms. The zero-order valence-electron chi connectivity index (χ0n) is 10.2. The van der Waals surface area contributed by atoms with Gasteiger partial charge in [0.05, 0.1) is 13.0 Å². The predicted octanol–water partition coefficient (Wildman–Crippen LogP) is 0.351. The fourth-order valence-corrected chi connectivity index (χ4v) is 1.72. The van der Waals surface area contributed by atoms with Crippen molar-refractivity contribution in [3.8, 4) is 0 Å². The lowest BCUT2D eigenvalue weighted by Gasteiger charge is -2.33. The van der Waals surface area contributed by atoms with Crippen molar-refractivity contribution in [2.45, 2.75) is 12.6 Å². The van der Waals surface area contributed by atoms with Gasteiger partial charge < -0.3 is 15.3 Å². The van der Waals surface area contributed by atoms with Gasteiger partial charge in [-0.2, -0.15) is 13.2 Å². The molecule has 1 aliphatic heterocycles. The van der Waals surface area contributed by atoms with Crippen molar-refractivity contribution in [1.29, 1.82) is 0 Å². The van der Waals surface area contributed by atoms with Gasteiger partial charge in [-0.15, -0.1) is 0 Å². The van der Waals surface area contributed by atoms with E-state index in [2.05, 4.69) is 5.32 Å². The average Bonchev–Trinajstić information content (AvgIpc) is 2.27. The molecule has 0 radical (unpaired) electrons. The Kier molecular flexibility index (Phi) is 5.40. The third kappa shape index (κ3) is 6.27. The quantitative estimate of drug-likeness (QED) is 0.781. The smallest absolute Gasteiger partial charge is 0.390 e. The largest absolute Gasteiger partial charge is 0.480 e. The number of halogens is 3. The molecule has 0 aliphatic carbocycles. The summed E-state index contributed by atoms with van der Waals surface area (Å²) in [5.41, 5.74) is 0. The second-order valence-corrected chi connectivity index (χ2v) is 4.25. The van der Waals surface area contributed by atoms with Crippen LogP contribution in [0.2, 0.25) is 0 Å². The summed E-state index contributed by atoms with van der Waals surface area (Å²) < 4.78 is 35.7. The topological polar surface area (TPSA) is 72.9 Å². The normalized spacial score (nSPS) is 17.3. The monoisotopic (exact) mass is 283 g/mol. The van der Waals surface area contributed by atoms with E-state index < -0.39 is 31.1 Å². The molecule has 0 spiro atoms. The number of rotatable bonds is 4. The number of hydrogen-bond donors (Lipinski definition) is 2. The number of carbonyl (C=O) groups is 2. The van der Waals surface area contributed by atoms with Gasteiger partial charge in [0.25, 0.3) is 0 Å². The van der Waals surface area contributed by atoms with Gasteiger partial charge in [-0.1, -0.05) is 0 Å². The Morgan fingerprint density at radius 2 is 1.74 bits per heavy atom. The number of urea groups is 1. The van der Waals surface area contributed by atoms with Gasteiger partial charge in [-0.25, -0.2) is 4.79 Å². The number of nitrogens with one attached hydrogen (secondary N) is 1. The van der Waals surface area contributed by atoms with Gasteiger partial charge in [-0.3, -0.25) is 9.69 Å². The number of hydrogen-bond acceptors (Lipinski definition) is 3. The van der Waals surface area contributed by atoms with Crippen LogP contribution < -0.4 is 5.32 Å². The second kappa shape index (κ2) is 6.60. The van der Waals surface area contributed by atoms with E-state index in [0.717, 1.165) is 0 Å². The Morgan fingerprint density at radius 1 is 1.16 bits per heavy atom. The molecule has 2 amide bonds. The van der Waals surface area contributed by atoms with Crippen molar-refractivity contribution in [2.75, 3.05) is 39.3 Å². The van der Waals surface area contributed by atoms with Crippen molar-refractivity contribution < 1.29 is 27.9 Å². The first-order valence-corrected chi connectivity index (χ1v) is 5.81. The van der Waals surface area contributed by atoms with E-state index in [1.165, 1.54) is 4.90 Å². The van der Waals surface area contributed by atoms with Gasteiger partial charge in [0.2, 0.25) is 0 Å². The summed E-state index contributed by atoms with van der Waals surface area (Å²) in [5.74, 6) is -0.942. The number of aliphatic carboxylic acids is 1. The summed E-state index contributed by atoms with van der Waals surface area (Å²) in [5, 5.41) is 10.8. The molecule has 2 N–H and O–H groups in total. The number of carboxylic acid groups (broad SMARTS) is 1. The number of amides is 2. The zero-order chi connectivity index (χ0) is 14.5. The standard InChI is InChI=1S/C10H16F3N3O3/c11-10(12,13)1-2-14-9(19)16-5-3-15(4-6-16)7-8(17)18/h1-7H2,(H,14,19)(H,17,18). The van der Waals surface area contributed by atoms with Crippen LogP contribution in [0.15, 0.2) is 0 Å². The van der Waals surface area contributed by atoms with E-state index in [9.17, 15) is 22.8 Å². The maximum absolute atomic E-state index is 11.9. The third-order valence-electron chi connectivity index (χ3n) is 2.70. The highest BCUT2D eigenvalue weighted by atomic mass is 19.4. The lowest BCUT2D eigenvalue weighted by Crippen LogP contribution is -2.52. The molecule has 6 nitrogen and oxygen atoms in total. The minimum Gasteiger partial charge on any atom is -0.480 e. The van der Waals surface area contributed by atoms with Gasteiger partial charge in [-0.05, 0) is 0 Å². The number of carbonyl (C=O) groups excluding carboxylic acids is 1. The van der Waals surface area contributed by atoms with Gasteiger partial charge in [0.15, 0.2) is 0 Å². The highest BCUT2D eigenvalue weighted by Gasteiger charge is 2.27. The summed E-state index contributed by atoms with van der Waals surface area (Å²) in [6.45, 7) is 0.884. The first-order chi connectivity index (χ1) is 8.78. The van der Waals surface area contributed by atoms with E-state index in [4.69, 9.17) is 5.11 Å². The first kappa shape index (κ1) is 15.5. The Morgan fingerprint density at radius 3 is 2.21 bits per heavy atom. The van der Waals surface area contributed by atoms with Crippen LogP contribution in [0.5, 0.6) is 0 Å². The lowest BCUT2D eigenvalue weighted by atomic mass is 10.3. The van der Waals surface area contributed by atoms with Crippen LogP contribution in [0.4, 0.5) is 18.0 Å². The molecule has 0 aromatic carbocycles. The molecule has 1 aliphatic rings. The fourth-order valence-electron chi connectivity index (χ4n) is 1.72. The first-order valence-electron chi connectivity index (χ1n) is 5.81. The molecule has 1 rings (SSSR count). The molecule has 0 bridgehead atoms. The maximum atomic E-state index is 11.9. The average molecular weight is 283 g/mol.